The summed E-state index contributed by atoms with van der Waals surface area (Å²) in [5.74, 6) is -0.695. The number of amides is 3. The van der Waals surface area contributed by atoms with Crippen LogP contribution in [0.25, 0.3) is 0 Å². The van der Waals surface area contributed by atoms with Gasteiger partial charge in [-0.1, -0.05) is 29.8 Å². The van der Waals surface area contributed by atoms with Crippen LogP contribution in [0.1, 0.15) is 64.3 Å². The van der Waals surface area contributed by atoms with Gasteiger partial charge in [0.1, 0.15) is 17.7 Å². The zero-order chi connectivity index (χ0) is 23.9. The zero-order valence-corrected chi connectivity index (χ0v) is 20.0. The minimum Gasteiger partial charge on any atom is -0.444 e. The smallest absolute Gasteiger partial charge is 0.408 e. The minimum absolute atomic E-state index is 0.0990. The molecule has 0 radical (unpaired) electrons. The van der Waals surface area contributed by atoms with Crippen LogP contribution in [0.2, 0.25) is 0 Å². The van der Waals surface area contributed by atoms with Crippen LogP contribution in [0, 0.1) is 13.8 Å². The number of hydrogen-bond donors (Lipinski definition) is 2. The second-order valence-corrected chi connectivity index (χ2v) is 9.07. The van der Waals surface area contributed by atoms with Crippen molar-refractivity contribution in [1.29, 1.82) is 0 Å². The van der Waals surface area contributed by atoms with E-state index in [1.165, 1.54) is 4.90 Å². The van der Waals surface area contributed by atoms with Gasteiger partial charge in [-0.05, 0) is 66.5 Å². The molecule has 0 saturated heterocycles. The molecule has 0 spiro atoms. The molecule has 2 unspecified atom stereocenters. The van der Waals surface area contributed by atoms with Gasteiger partial charge in [0, 0.05) is 12.6 Å². The third kappa shape index (κ3) is 8.07. The van der Waals surface area contributed by atoms with Crippen LogP contribution in [0.3, 0.4) is 0 Å². The fraction of sp³-hybridized carbons (Fsp3) is 0.542. The van der Waals surface area contributed by atoms with Crippen molar-refractivity contribution < 1.29 is 19.1 Å². The molecule has 2 atom stereocenters. The van der Waals surface area contributed by atoms with Crippen molar-refractivity contribution >= 4 is 17.9 Å². The number of rotatable bonds is 8. The first-order chi connectivity index (χ1) is 14.3. The maximum absolute atomic E-state index is 13.4. The van der Waals surface area contributed by atoms with E-state index in [1.807, 2.05) is 45.9 Å². The lowest BCUT2D eigenvalue weighted by atomic mass is 9.96. The third-order valence-electron chi connectivity index (χ3n) is 4.43. The van der Waals surface area contributed by atoms with Gasteiger partial charge in [0.25, 0.3) is 0 Å². The Balaban J connectivity index is 3.33. The number of aryl methyl sites for hydroxylation is 2. The van der Waals surface area contributed by atoms with E-state index >= 15 is 0 Å². The summed E-state index contributed by atoms with van der Waals surface area (Å²) in [4.78, 5) is 40.2. The van der Waals surface area contributed by atoms with Crippen LogP contribution in [-0.4, -0.2) is 47.0 Å². The summed E-state index contributed by atoms with van der Waals surface area (Å²) in [6.45, 7) is 18.3. The lowest BCUT2D eigenvalue weighted by Gasteiger charge is -2.34. The molecule has 0 aliphatic rings. The zero-order valence-electron chi connectivity index (χ0n) is 20.0. The molecule has 7 nitrogen and oxygen atoms in total. The van der Waals surface area contributed by atoms with Crippen LogP contribution in [0.5, 0.6) is 0 Å². The second kappa shape index (κ2) is 11.0. The number of carbonyl (C=O) groups excluding carboxylic acids is 3. The monoisotopic (exact) mass is 431 g/mol. The Morgan fingerprint density at radius 1 is 1.13 bits per heavy atom. The highest BCUT2D eigenvalue weighted by Gasteiger charge is 2.35. The molecule has 31 heavy (non-hydrogen) atoms. The van der Waals surface area contributed by atoms with Gasteiger partial charge in [0.05, 0.1) is 0 Å². The van der Waals surface area contributed by atoms with E-state index in [0.717, 1.165) is 16.7 Å². The highest BCUT2D eigenvalue weighted by atomic mass is 16.6. The van der Waals surface area contributed by atoms with Gasteiger partial charge in [-0.25, -0.2) is 4.79 Å². The average Bonchev–Trinajstić information content (AvgIpc) is 2.61. The molecular formula is C24H37N3O4. The Hall–Kier alpha value is -2.83. The first-order valence-electron chi connectivity index (χ1n) is 10.5. The van der Waals surface area contributed by atoms with Crippen molar-refractivity contribution in [3.05, 3.63) is 47.5 Å². The Bertz CT molecular complexity index is 812. The molecule has 0 bridgehead atoms. The number of ether oxygens (including phenoxy) is 1. The molecule has 7 heteroatoms. The van der Waals surface area contributed by atoms with Gasteiger partial charge in [0.2, 0.25) is 11.8 Å². The fourth-order valence-electron chi connectivity index (χ4n) is 3.13. The molecule has 0 saturated carbocycles. The molecule has 1 aromatic rings. The summed E-state index contributed by atoms with van der Waals surface area (Å²) in [6, 6.07) is 3.94. The van der Waals surface area contributed by atoms with Crippen LogP contribution >= 0.6 is 0 Å². The number of alkyl carbamates (subject to hydrolysis) is 1. The molecule has 1 rings (SSSR count). The van der Waals surface area contributed by atoms with E-state index < -0.39 is 29.7 Å². The minimum atomic E-state index is -0.894. The van der Waals surface area contributed by atoms with Gasteiger partial charge in [0.15, 0.2) is 0 Å². The number of carbonyl (C=O) groups is 3. The predicted molar refractivity (Wildman–Crippen MR) is 123 cm³/mol. The third-order valence-corrected chi connectivity index (χ3v) is 4.43. The molecule has 3 amide bonds. The normalized spacial score (nSPS) is 13.2. The van der Waals surface area contributed by atoms with Crippen molar-refractivity contribution in [2.24, 2.45) is 0 Å². The first kappa shape index (κ1) is 26.2. The Morgan fingerprint density at radius 3 is 2.26 bits per heavy atom. The van der Waals surface area contributed by atoms with Crippen LogP contribution in [-0.2, 0) is 14.3 Å². The quantitative estimate of drug-likeness (QED) is 0.613. The standard InChI is InChI=1S/C24H37N3O4/c1-10-13-27(22(29)18(6)26-23(30)31-24(7,8)9)20(21(28)25-15(2)3)19-14-16(4)11-12-17(19)5/h10-12,14-15,18,20H,1,13H2,2-9H3,(H,25,28)(H,26,30). The topological polar surface area (TPSA) is 87.7 Å². The molecular weight excluding hydrogens is 394 g/mol. The van der Waals surface area contributed by atoms with Crippen LogP contribution < -0.4 is 10.6 Å². The highest BCUT2D eigenvalue weighted by Crippen LogP contribution is 2.27. The molecule has 172 valence electrons. The van der Waals surface area contributed by atoms with Crippen molar-refractivity contribution in [2.75, 3.05) is 6.54 Å². The van der Waals surface area contributed by atoms with E-state index in [9.17, 15) is 14.4 Å². The molecule has 0 fully saturated rings. The summed E-state index contributed by atoms with van der Waals surface area (Å²) < 4.78 is 5.26. The molecule has 0 aliphatic heterocycles. The van der Waals surface area contributed by atoms with Crippen molar-refractivity contribution in [3.8, 4) is 0 Å². The number of nitrogens with zero attached hydrogens (tertiary/aromatic N) is 1. The number of nitrogens with one attached hydrogen (secondary N) is 2. The predicted octanol–water partition coefficient (Wildman–Crippen LogP) is 3.80. The summed E-state index contributed by atoms with van der Waals surface area (Å²) in [6.07, 6.45) is 0.876. The van der Waals surface area contributed by atoms with Gasteiger partial charge in [-0.15, -0.1) is 6.58 Å². The van der Waals surface area contributed by atoms with E-state index in [1.54, 1.807) is 33.8 Å². The summed E-state index contributed by atoms with van der Waals surface area (Å²) in [5.41, 5.74) is 1.92. The maximum atomic E-state index is 13.4. The number of hydrogen-bond acceptors (Lipinski definition) is 4. The van der Waals surface area contributed by atoms with E-state index in [2.05, 4.69) is 17.2 Å². The lowest BCUT2D eigenvalue weighted by Crippen LogP contribution is -2.52. The Labute approximate surface area is 186 Å². The maximum Gasteiger partial charge on any atom is 0.408 e. The van der Waals surface area contributed by atoms with Crippen molar-refractivity contribution in [3.63, 3.8) is 0 Å². The van der Waals surface area contributed by atoms with E-state index in [0.29, 0.717) is 0 Å². The van der Waals surface area contributed by atoms with Gasteiger partial charge >= 0.3 is 6.09 Å². The lowest BCUT2D eigenvalue weighted by molar-refractivity contribution is -0.141. The van der Waals surface area contributed by atoms with E-state index in [-0.39, 0.29) is 18.5 Å². The van der Waals surface area contributed by atoms with Gasteiger partial charge in [-0.2, -0.15) is 0 Å². The van der Waals surface area contributed by atoms with Crippen LogP contribution in [0.4, 0.5) is 4.79 Å². The average molecular weight is 432 g/mol. The fourth-order valence-corrected chi connectivity index (χ4v) is 3.13. The molecule has 1 aromatic carbocycles. The highest BCUT2D eigenvalue weighted by molar-refractivity contribution is 5.92. The van der Waals surface area contributed by atoms with Crippen molar-refractivity contribution in [1.82, 2.24) is 15.5 Å². The first-order valence-corrected chi connectivity index (χ1v) is 10.5. The van der Waals surface area contributed by atoms with Gasteiger partial charge in [-0.3, -0.25) is 9.59 Å². The number of benzene rings is 1. The molecule has 0 aliphatic carbocycles. The van der Waals surface area contributed by atoms with E-state index in [4.69, 9.17) is 4.74 Å². The SMILES string of the molecule is C=CCN(C(=O)C(C)NC(=O)OC(C)(C)C)C(C(=O)NC(C)C)c1cc(C)ccc1C. The van der Waals surface area contributed by atoms with Crippen LogP contribution in [0.15, 0.2) is 30.9 Å². The van der Waals surface area contributed by atoms with Crippen molar-refractivity contribution in [2.45, 2.75) is 79.1 Å². The van der Waals surface area contributed by atoms with Gasteiger partial charge < -0.3 is 20.3 Å². The molecule has 0 heterocycles. The Kier molecular flexibility index (Phi) is 9.28. The summed E-state index contributed by atoms with van der Waals surface area (Å²) >= 11 is 0. The summed E-state index contributed by atoms with van der Waals surface area (Å²) in [7, 11) is 0. The molecule has 0 aromatic heterocycles. The summed E-state index contributed by atoms with van der Waals surface area (Å²) in [5, 5.41) is 5.48. The Morgan fingerprint density at radius 2 is 1.74 bits per heavy atom. The molecule has 2 N–H and O–H groups in total. The largest absolute Gasteiger partial charge is 0.444 e. The second-order valence-electron chi connectivity index (χ2n) is 9.07.